The van der Waals surface area contributed by atoms with Crippen molar-refractivity contribution in [1.82, 2.24) is 5.32 Å². The molecule has 1 fully saturated rings. The zero-order valence-corrected chi connectivity index (χ0v) is 8.10. The summed E-state index contributed by atoms with van der Waals surface area (Å²) >= 11 is 0. The summed E-state index contributed by atoms with van der Waals surface area (Å²) in [6.07, 6.45) is 1.79. The number of hydrogen-bond acceptors (Lipinski definition) is 2. The van der Waals surface area contributed by atoms with Gasteiger partial charge in [0.05, 0.1) is 17.9 Å². The fourth-order valence-corrected chi connectivity index (χ4v) is 2.61. The van der Waals surface area contributed by atoms with Crippen LogP contribution in [0.1, 0.15) is 17.2 Å². The molecule has 1 aromatic rings. The number of rotatable bonds is 0. The topological polar surface area (TPSA) is 49.3 Å². The third-order valence-corrected chi connectivity index (χ3v) is 3.32. The van der Waals surface area contributed by atoms with E-state index in [0.717, 1.165) is 12.7 Å². The van der Waals surface area contributed by atoms with Crippen LogP contribution < -0.4 is 5.32 Å². The maximum Gasteiger partial charge on any atom is 0.251 e. The van der Waals surface area contributed by atoms with E-state index >= 15 is 0 Å². The molecule has 1 aromatic carbocycles. The number of fused-ring (bicyclic) bond motifs is 3. The molecule has 0 saturated carbocycles. The zero-order chi connectivity index (χ0) is 10.4. The first-order valence-electron chi connectivity index (χ1n) is 5.04. The highest BCUT2D eigenvalue weighted by molar-refractivity contribution is 5.97. The summed E-state index contributed by atoms with van der Waals surface area (Å²) in [6.45, 7) is 0. The van der Waals surface area contributed by atoms with Gasteiger partial charge in [0.15, 0.2) is 0 Å². The number of carbonyl (C=O) groups excluding carboxylic acids is 1. The number of carbonyl (C=O) groups is 1. The number of nitrogens with one attached hydrogen (secondary N) is 1. The highest BCUT2D eigenvalue weighted by Crippen LogP contribution is 2.43. The van der Waals surface area contributed by atoms with Gasteiger partial charge in [-0.2, -0.15) is 0 Å². The van der Waals surface area contributed by atoms with E-state index < -0.39 is 0 Å². The second kappa shape index (κ2) is 2.86. The molecule has 2 N–H and O–H groups in total. The first-order valence-corrected chi connectivity index (χ1v) is 5.04. The van der Waals surface area contributed by atoms with E-state index in [1.54, 1.807) is 0 Å². The van der Waals surface area contributed by atoms with Crippen LogP contribution in [0.5, 0.6) is 0 Å². The third kappa shape index (κ3) is 1.03. The molecule has 15 heavy (non-hydrogen) atoms. The predicted molar refractivity (Wildman–Crippen MR) is 55.2 cm³/mol. The van der Waals surface area contributed by atoms with Crippen LogP contribution in [0, 0.1) is 5.92 Å². The zero-order valence-electron chi connectivity index (χ0n) is 8.10. The molecule has 3 rings (SSSR count). The molecule has 2 aliphatic rings. The molecule has 0 radical (unpaired) electrons. The molecule has 1 amide bonds. The van der Waals surface area contributed by atoms with Crippen LogP contribution in [0.3, 0.4) is 0 Å². The van der Waals surface area contributed by atoms with Gasteiger partial charge in [-0.3, -0.25) is 4.79 Å². The molecule has 3 heteroatoms. The fourth-order valence-electron chi connectivity index (χ4n) is 2.61. The molecule has 76 valence electrons. The monoisotopic (exact) mass is 201 g/mol. The largest absolute Gasteiger partial charge is 0.515 e. The first-order chi connectivity index (χ1) is 7.31. The summed E-state index contributed by atoms with van der Waals surface area (Å²) < 4.78 is 0. The molecule has 3 nitrogen and oxygen atoms in total. The lowest BCUT2D eigenvalue weighted by Crippen LogP contribution is -2.18. The van der Waals surface area contributed by atoms with Crippen molar-refractivity contribution in [3.63, 3.8) is 0 Å². The number of aliphatic hydroxyl groups is 1. The van der Waals surface area contributed by atoms with E-state index in [1.165, 1.54) is 11.1 Å². The Labute approximate surface area is 87.4 Å². The lowest BCUT2D eigenvalue weighted by molar-refractivity contribution is -0.116. The molecule has 0 spiro atoms. The second-order valence-electron chi connectivity index (χ2n) is 4.05. The highest BCUT2D eigenvalue weighted by Gasteiger charge is 2.43. The van der Waals surface area contributed by atoms with E-state index in [4.69, 9.17) is 5.11 Å². The summed E-state index contributed by atoms with van der Waals surface area (Å²) in [5, 5.41) is 11.9. The third-order valence-electron chi connectivity index (χ3n) is 3.32. The molecular weight excluding hydrogens is 190 g/mol. The van der Waals surface area contributed by atoms with Gasteiger partial charge < -0.3 is 10.4 Å². The average molecular weight is 201 g/mol. The van der Waals surface area contributed by atoms with Gasteiger partial charge in [-0.1, -0.05) is 24.3 Å². The van der Waals surface area contributed by atoms with Gasteiger partial charge in [0.2, 0.25) is 0 Å². The Bertz CT molecular complexity index is 464. The molecule has 0 aromatic heterocycles. The van der Waals surface area contributed by atoms with Crippen molar-refractivity contribution in [1.29, 1.82) is 0 Å². The van der Waals surface area contributed by atoms with Crippen molar-refractivity contribution < 1.29 is 9.90 Å². The Kier molecular flexibility index (Phi) is 1.63. The lowest BCUT2D eigenvalue weighted by atomic mass is 9.98. The SMILES string of the molecule is O=C1NC2c3ccccc3CC2C1=CO. The van der Waals surface area contributed by atoms with Gasteiger partial charge in [-0.15, -0.1) is 0 Å². The Balaban J connectivity index is 2.08. The summed E-state index contributed by atoms with van der Waals surface area (Å²) in [5.41, 5.74) is 2.97. The van der Waals surface area contributed by atoms with Gasteiger partial charge in [-0.05, 0) is 17.5 Å². The van der Waals surface area contributed by atoms with Crippen LogP contribution in [0.2, 0.25) is 0 Å². The molecular formula is C12H11NO2. The quantitative estimate of drug-likeness (QED) is 0.493. The van der Waals surface area contributed by atoms with Gasteiger partial charge >= 0.3 is 0 Å². The van der Waals surface area contributed by atoms with Crippen LogP contribution in [0.25, 0.3) is 0 Å². The molecule has 1 aliphatic heterocycles. The van der Waals surface area contributed by atoms with Crippen LogP contribution in [0.4, 0.5) is 0 Å². The van der Waals surface area contributed by atoms with E-state index in [1.807, 2.05) is 18.2 Å². The lowest BCUT2D eigenvalue weighted by Gasteiger charge is -2.08. The van der Waals surface area contributed by atoms with Crippen LogP contribution in [0.15, 0.2) is 36.1 Å². The van der Waals surface area contributed by atoms with Crippen molar-refractivity contribution in [3.05, 3.63) is 47.2 Å². The predicted octanol–water partition coefficient (Wildman–Crippen LogP) is 1.47. The normalized spacial score (nSPS) is 30.1. The maximum atomic E-state index is 11.5. The van der Waals surface area contributed by atoms with Crippen molar-refractivity contribution in [2.75, 3.05) is 0 Å². The molecule has 1 saturated heterocycles. The van der Waals surface area contributed by atoms with E-state index in [9.17, 15) is 4.79 Å². The van der Waals surface area contributed by atoms with E-state index in [-0.39, 0.29) is 17.9 Å². The smallest absolute Gasteiger partial charge is 0.251 e. The van der Waals surface area contributed by atoms with Crippen molar-refractivity contribution >= 4 is 5.91 Å². The van der Waals surface area contributed by atoms with Gasteiger partial charge in [0, 0.05) is 5.92 Å². The highest BCUT2D eigenvalue weighted by atomic mass is 16.2. The number of benzene rings is 1. The Morgan fingerprint density at radius 3 is 3.00 bits per heavy atom. The summed E-state index contributed by atoms with van der Waals surface area (Å²) in [6, 6.07) is 8.17. The van der Waals surface area contributed by atoms with Gasteiger partial charge in [0.25, 0.3) is 5.91 Å². The number of hydrogen-bond donors (Lipinski definition) is 2. The second-order valence-corrected chi connectivity index (χ2v) is 4.05. The Morgan fingerprint density at radius 1 is 1.40 bits per heavy atom. The van der Waals surface area contributed by atoms with Crippen LogP contribution in [-0.4, -0.2) is 11.0 Å². The van der Waals surface area contributed by atoms with E-state index in [2.05, 4.69) is 11.4 Å². The van der Waals surface area contributed by atoms with E-state index in [0.29, 0.717) is 5.57 Å². The van der Waals surface area contributed by atoms with Crippen molar-refractivity contribution in [3.8, 4) is 0 Å². The van der Waals surface area contributed by atoms with Crippen molar-refractivity contribution in [2.24, 2.45) is 5.92 Å². The van der Waals surface area contributed by atoms with Crippen molar-refractivity contribution in [2.45, 2.75) is 12.5 Å². The molecule has 2 unspecified atom stereocenters. The minimum Gasteiger partial charge on any atom is -0.515 e. The molecule has 1 heterocycles. The summed E-state index contributed by atoms with van der Waals surface area (Å²) in [7, 11) is 0. The number of amides is 1. The minimum atomic E-state index is -0.137. The Hall–Kier alpha value is -1.77. The maximum absolute atomic E-state index is 11.5. The van der Waals surface area contributed by atoms with Gasteiger partial charge in [-0.25, -0.2) is 0 Å². The first kappa shape index (κ1) is 8.53. The molecule has 1 aliphatic carbocycles. The molecule has 2 atom stereocenters. The molecule has 0 bridgehead atoms. The number of aliphatic hydroxyl groups excluding tert-OH is 1. The Morgan fingerprint density at radius 2 is 2.20 bits per heavy atom. The summed E-state index contributed by atoms with van der Waals surface area (Å²) in [4.78, 5) is 11.5. The van der Waals surface area contributed by atoms with Crippen LogP contribution >= 0.6 is 0 Å². The standard InChI is InChI=1S/C12H11NO2/c14-6-10-9-5-7-3-1-2-4-8(7)11(9)13-12(10)15/h1-4,6,9,11,14H,5H2,(H,13,15). The average Bonchev–Trinajstić information content (AvgIpc) is 2.72. The minimum absolute atomic E-state index is 0.0621. The fraction of sp³-hybridized carbons (Fsp3) is 0.250. The summed E-state index contributed by atoms with van der Waals surface area (Å²) in [5.74, 6) is -0.0260. The van der Waals surface area contributed by atoms with Crippen LogP contribution in [-0.2, 0) is 11.2 Å². The van der Waals surface area contributed by atoms with Gasteiger partial charge in [0.1, 0.15) is 0 Å².